The van der Waals surface area contributed by atoms with Crippen molar-refractivity contribution in [1.82, 2.24) is 0 Å². The van der Waals surface area contributed by atoms with E-state index in [9.17, 15) is 4.79 Å². The molecule has 82 valence electrons. The average Bonchev–Trinajstić information content (AvgIpc) is 2.26. The van der Waals surface area contributed by atoms with E-state index in [4.69, 9.17) is 9.84 Å². The maximum atomic E-state index is 11.6. The van der Waals surface area contributed by atoms with Crippen LogP contribution in [0.15, 0.2) is 28.5 Å². The first-order valence-electron chi connectivity index (χ1n) is 4.71. The van der Waals surface area contributed by atoms with E-state index in [-0.39, 0.29) is 12.3 Å². The summed E-state index contributed by atoms with van der Waals surface area (Å²) in [5.41, 5.74) is -0.0788. The van der Waals surface area contributed by atoms with Crippen LogP contribution in [0.1, 0.15) is 20.8 Å². The van der Waals surface area contributed by atoms with E-state index < -0.39 is 11.6 Å². The minimum absolute atomic E-state index is 0.0357. The lowest BCUT2D eigenvalue weighted by Gasteiger charge is -2.19. The largest absolute Gasteiger partial charge is 0.506 e. The highest BCUT2D eigenvalue weighted by molar-refractivity contribution is 5.91. The molecule has 0 amide bonds. The van der Waals surface area contributed by atoms with Crippen molar-refractivity contribution >= 4 is 12.2 Å². The van der Waals surface area contributed by atoms with Gasteiger partial charge in [0.25, 0.3) is 0 Å². The number of nitrogens with zero attached hydrogens (tertiary/aromatic N) is 1. The average molecular weight is 209 g/mol. The highest BCUT2D eigenvalue weighted by Gasteiger charge is 2.19. The summed E-state index contributed by atoms with van der Waals surface area (Å²) in [6.07, 6.45) is 4.26. The van der Waals surface area contributed by atoms with Gasteiger partial charge in [0, 0.05) is 0 Å². The van der Waals surface area contributed by atoms with E-state index >= 15 is 0 Å². The Morgan fingerprint density at radius 1 is 1.47 bits per heavy atom. The second-order valence-electron chi connectivity index (χ2n) is 4.26. The molecule has 4 heteroatoms. The van der Waals surface area contributed by atoms with E-state index in [1.807, 2.05) is 0 Å². The second kappa shape index (κ2) is 4.29. The third-order valence-electron chi connectivity index (χ3n) is 1.60. The van der Waals surface area contributed by atoms with Gasteiger partial charge in [-0.15, -0.1) is 0 Å². The Labute approximate surface area is 89.0 Å². The molecule has 1 N–H and O–H groups in total. The number of aliphatic hydroxyl groups is 1. The molecule has 0 atom stereocenters. The summed E-state index contributed by atoms with van der Waals surface area (Å²) >= 11 is 0. The lowest BCUT2D eigenvalue weighted by Crippen LogP contribution is -2.25. The van der Waals surface area contributed by atoms with Crippen LogP contribution in [0, 0.1) is 0 Å². The van der Waals surface area contributed by atoms with Crippen LogP contribution in [-0.2, 0) is 9.53 Å². The molecular formula is C11H15NO3. The minimum atomic E-state index is -0.514. The van der Waals surface area contributed by atoms with Gasteiger partial charge in [0.2, 0.25) is 0 Å². The highest BCUT2D eigenvalue weighted by atomic mass is 16.6. The molecule has 0 saturated heterocycles. The Morgan fingerprint density at radius 2 is 2.13 bits per heavy atom. The maximum Gasteiger partial charge on any atom is 0.336 e. The summed E-state index contributed by atoms with van der Waals surface area (Å²) in [5.74, 6) is -0.362. The van der Waals surface area contributed by atoms with Gasteiger partial charge >= 0.3 is 5.97 Å². The van der Waals surface area contributed by atoms with E-state index in [1.54, 1.807) is 20.8 Å². The standard InChI is InChI=1S/C11H15NO3/c1-11(2,3)15-10(14)8-4-5-9(13)7-12-6-8/h4-5,7,13H,6H2,1-3H3. The van der Waals surface area contributed by atoms with Crippen molar-refractivity contribution in [2.24, 2.45) is 4.99 Å². The Hall–Kier alpha value is -1.58. The molecule has 1 aliphatic heterocycles. The topological polar surface area (TPSA) is 58.9 Å². The van der Waals surface area contributed by atoms with Crippen molar-refractivity contribution in [3.05, 3.63) is 23.5 Å². The Balaban J connectivity index is 2.73. The smallest absolute Gasteiger partial charge is 0.336 e. The van der Waals surface area contributed by atoms with Gasteiger partial charge in [0.05, 0.1) is 18.3 Å². The van der Waals surface area contributed by atoms with Gasteiger partial charge in [-0.05, 0) is 32.9 Å². The van der Waals surface area contributed by atoms with Gasteiger partial charge < -0.3 is 9.84 Å². The predicted molar refractivity (Wildman–Crippen MR) is 58.0 cm³/mol. The summed E-state index contributed by atoms with van der Waals surface area (Å²) in [7, 11) is 0. The number of ether oxygens (including phenoxy) is 1. The Morgan fingerprint density at radius 3 is 2.73 bits per heavy atom. The van der Waals surface area contributed by atoms with Crippen LogP contribution >= 0.6 is 0 Å². The van der Waals surface area contributed by atoms with Crippen molar-refractivity contribution in [3.63, 3.8) is 0 Å². The van der Waals surface area contributed by atoms with Crippen molar-refractivity contribution in [1.29, 1.82) is 0 Å². The molecule has 0 aromatic heterocycles. The van der Waals surface area contributed by atoms with Crippen molar-refractivity contribution in [2.45, 2.75) is 26.4 Å². The molecule has 4 nitrogen and oxygen atoms in total. The van der Waals surface area contributed by atoms with E-state index in [0.717, 1.165) is 0 Å². The SMILES string of the molecule is CC(C)(C)OC(=O)C1=CC=C(O)C=NC1. The molecule has 1 aliphatic rings. The first-order valence-corrected chi connectivity index (χ1v) is 4.71. The summed E-state index contributed by atoms with van der Waals surface area (Å²) in [4.78, 5) is 15.5. The second-order valence-corrected chi connectivity index (χ2v) is 4.26. The van der Waals surface area contributed by atoms with E-state index in [1.165, 1.54) is 18.4 Å². The molecule has 0 unspecified atom stereocenters. The normalized spacial score (nSPS) is 16.5. The van der Waals surface area contributed by atoms with Crippen molar-refractivity contribution in [2.75, 3.05) is 6.54 Å². The molecule has 1 rings (SSSR count). The van der Waals surface area contributed by atoms with E-state index in [2.05, 4.69) is 4.99 Å². The monoisotopic (exact) mass is 209 g/mol. The zero-order chi connectivity index (χ0) is 11.5. The molecule has 1 heterocycles. The zero-order valence-corrected chi connectivity index (χ0v) is 9.15. The molecule has 0 aromatic rings. The van der Waals surface area contributed by atoms with Gasteiger partial charge in [-0.25, -0.2) is 4.79 Å². The fourth-order valence-electron chi connectivity index (χ4n) is 0.995. The fourth-order valence-corrected chi connectivity index (χ4v) is 0.995. The molecule has 0 aromatic carbocycles. The number of rotatable bonds is 1. The quantitative estimate of drug-likeness (QED) is 0.670. The van der Waals surface area contributed by atoms with Gasteiger partial charge in [0.15, 0.2) is 0 Å². The van der Waals surface area contributed by atoms with Gasteiger partial charge in [-0.1, -0.05) is 0 Å². The molecular weight excluding hydrogens is 194 g/mol. The van der Waals surface area contributed by atoms with Gasteiger partial charge in [-0.2, -0.15) is 0 Å². The molecule has 0 radical (unpaired) electrons. The Kier molecular flexibility index (Phi) is 3.29. The number of esters is 1. The summed E-state index contributed by atoms with van der Waals surface area (Å²) < 4.78 is 5.18. The fraction of sp³-hybridized carbons (Fsp3) is 0.455. The highest BCUT2D eigenvalue weighted by Crippen LogP contribution is 2.12. The van der Waals surface area contributed by atoms with Gasteiger partial charge in [0.1, 0.15) is 11.4 Å². The maximum absolute atomic E-state index is 11.6. The van der Waals surface area contributed by atoms with Crippen LogP contribution in [0.3, 0.4) is 0 Å². The number of carbonyl (C=O) groups is 1. The summed E-state index contributed by atoms with van der Waals surface area (Å²) in [6.45, 7) is 5.64. The predicted octanol–water partition coefficient (Wildman–Crippen LogP) is 1.78. The summed E-state index contributed by atoms with van der Waals surface area (Å²) in [6, 6.07) is 0. The van der Waals surface area contributed by atoms with Crippen molar-refractivity contribution < 1.29 is 14.6 Å². The minimum Gasteiger partial charge on any atom is -0.506 e. The molecule has 0 fully saturated rings. The number of hydrogen-bond donors (Lipinski definition) is 1. The molecule has 0 aliphatic carbocycles. The summed E-state index contributed by atoms with van der Waals surface area (Å²) in [5, 5.41) is 9.14. The van der Waals surface area contributed by atoms with Crippen LogP contribution in [0.5, 0.6) is 0 Å². The van der Waals surface area contributed by atoms with Crippen LogP contribution in [0.25, 0.3) is 0 Å². The zero-order valence-electron chi connectivity index (χ0n) is 9.15. The van der Waals surface area contributed by atoms with E-state index in [0.29, 0.717) is 5.57 Å². The lowest BCUT2D eigenvalue weighted by molar-refractivity contribution is -0.149. The molecule has 15 heavy (non-hydrogen) atoms. The molecule has 0 spiro atoms. The first-order chi connectivity index (χ1) is 6.88. The number of aliphatic hydroxyl groups excluding tert-OH is 1. The van der Waals surface area contributed by atoms with Gasteiger partial charge in [-0.3, -0.25) is 4.99 Å². The first kappa shape index (κ1) is 11.5. The number of carbonyl (C=O) groups excluding carboxylic acids is 1. The Bertz CT molecular complexity index is 345. The van der Waals surface area contributed by atoms with Crippen LogP contribution in [-0.4, -0.2) is 29.4 Å². The van der Waals surface area contributed by atoms with Crippen LogP contribution in [0.2, 0.25) is 0 Å². The molecule has 0 saturated carbocycles. The van der Waals surface area contributed by atoms with Crippen LogP contribution < -0.4 is 0 Å². The third kappa shape index (κ3) is 3.97. The molecule has 0 bridgehead atoms. The lowest BCUT2D eigenvalue weighted by atomic mass is 10.2. The van der Waals surface area contributed by atoms with Crippen molar-refractivity contribution in [3.8, 4) is 0 Å². The number of hydrogen-bond acceptors (Lipinski definition) is 4. The number of allylic oxidation sites excluding steroid dienone is 3. The third-order valence-corrected chi connectivity index (χ3v) is 1.60. The van der Waals surface area contributed by atoms with Crippen LogP contribution in [0.4, 0.5) is 0 Å². The number of aliphatic imine (C=N–C) groups is 1.